The van der Waals surface area contributed by atoms with Gasteiger partial charge in [0.2, 0.25) is 0 Å². The number of carbonyl (C=O) groups excluding carboxylic acids is 2. The average Bonchev–Trinajstić information content (AvgIpc) is 2.62. The lowest BCUT2D eigenvalue weighted by atomic mass is 9.91. The third-order valence-electron chi connectivity index (χ3n) is 3.99. The van der Waals surface area contributed by atoms with Gasteiger partial charge in [-0.05, 0) is 45.0 Å². The van der Waals surface area contributed by atoms with Crippen LogP contribution >= 0.6 is 0 Å². The average molecular weight is 418 g/mol. The van der Waals surface area contributed by atoms with Crippen molar-refractivity contribution >= 4 is 17.1 Å². The number of halogens is 6. The molecule has 9 heteroatoms. The first-order chi connectivity index (χ1) is 13.2. The third kappa shape index (κ3) is 5.11. The van der Waals surface area contributed by atoms with E-state index in [4.69, 9.17) is 0 Å². The number of allylic oxidation sites excluding steroid dienone is 1. The van der Waals surface area contributed by atoms with Crippen LogP contribution in [0.2, 0.25) is 0 Å². The molecule has 3 nitrogen and oxygen atoms in total. The summed E-state index contributed by atoms with van der Waals surface area (Å²) < 4.78 is 77.9. The van der Waals surface area contributed by atoms with Gasteiger partial charge in [-0.2, -0.15) is 0 Å². The number of benzene rings is 2. The summed E-state index contributed by atoms with van der Waals surface area (Å²) in [5.74, 6) is -9.07. The molecule has 1 atom stereocenters. The SMILES string of the molecule is C=C(C(C)=O)c1c(F)ccc(F)c1F.CC(=O)C(C)(O)c1c(F)ccc(F)c1F. The fraction of sp³-hybridized carbons (Fsp3) is 0.200. The van der Waals surface area contributed by atoms with Gasteiger partial charge in [0.25, 0.3) is 0 Å². The maximum absolute atomic E-state index is 13.2. The standard InChI is InChI=1S/C10H9F3O2.C10H7F3O/c1-5(14)10(2,15)8-6(11)3-4-7(12)9(8)13;1-5(6(2)14)9-7(11)3-4-8(12)10(9)13/h3-4,15H,1-2H3;3-4H,1H2,2H3. The first kappa shape index (κ1) is 24.1. The zero-order valence-corrected chi connectivity index (χ0v) is 15.5. The highest BCUT2D eigenvalue weighted by atomic mass is 19.2. The predicted octanol–water partition coefficient (Wildman–Crippen LogP) is 4.61. The molecule has 0 aliphatic carbocycles. The van der Waals surface area contributed by atoms with Crippen LogP contribution in [0, 0.1) is 34.9 Å². The van der Waals surface area contributed by atoms with Gasteiger partial charge in [-0.15, -0.1) is 0 Å². The highest BCUT2D eigenvalue weighted by Gasteiger charge is 2.36. The normalized spacial score (nSPS) is 12.5. The molecule has 0 radical (unpaired) electrons. The second kappa shape index (κ2) is 9.04. The molecule has 0 saturated carbocycles. The molecule has 0 heterocycles. The van der Waals surface area contributed by atoms with Crippen LogP contribution in [0.15, 0.2) is 30.8 Å². The van der Waals surface area contributed by atoms with E-state index < -0.39 is 63.2 Å². The molecule has 2 rings (SSSR count). The maximum atomic E-state index is 13.2. The molecule has 0 bridgehead atoms. The lowest BCUT2D eigenvalue weighted by Crippen LogP contribution is -2.32. The van der Waals surface area contributed by atoms with Crippen molar-refractivity contribution in [3.63, 3.8) is 0 Å². The summed E-state index contributed by atoms with van der Waals surface area (Å²) in [5, 5.41) is 9.55. The van der Waals surface area contributed by atoms with Gasteiger partial charge in [0.15, 0.2) is 40.4 Å². The van der Waals surface area contributed by atoms with Crippen LogP contribution in [-0.2, 0) is 15.2 Å². The van der Waals surface area contributed by atoms with Crippen LogP contribution in [-0.4, -0.2) is 16.7 Å². The highest BCUT2D eigenvalue weighted by molar-refractivity contribution is 6.18. The lowest BCUT2D eigenvalue weighted by molar-refractivity contribution is -0.134. The molecule has 2 aromatic rings. The monoisotopic (exact) mass is 418 g/mol. The van der Waals surface area contributed by atoms with Gasteiger partial charge in [0.05, 0.1) is 11.1 Å². The summed E-state index contributed by atoms with van der Waals surface area (Å²) in [5.41, 5.74) is -4.40. The lowest BCUT2D eigenvalue weighted by Gasteiger charge is -2.21. The number of aliphatic hydroxyl groups is 1. The van der Waals surface area contributed by atoms with E-state index in [0.717, 1.165) is 26.8 Å². The minimum absolute atomic E-state index is 0.375. The fourth-order valence-corrected chi connectivity index (χ4v) is 2.13. The Bertz CT molecular complexity index is 983. The number of carbonyl (C=O) groups is 2. The first-order valence-corrected chi connectivity index (χ1v) is 7.94. The molecular weight excluding hydrogens is 402 g/mol. The summed E-state index contributed by atoms with van der Waals surface area (Å²) in [6, 6.07) is 2.65. The van der Waals surface area contributed by atoms with Gasteiger partial charge >= 0.3 is 0 Å². The molecule has 2 aromatic carbocycles. The van der Waals surface area contributed by atoms with Crippen LogP contribution in [0.3, 0.4) is 0 Å². The summed E-state index contributed by atoms with van der Waals surface area (Å²) >= 11 is 0. The molecule has 0 aliphatic rings. The van der Waals surface area contributed by atoms with Crippen molar-refractivity contribution in [2.24, 2.45) is 0 Å². The number of hydrogen-bond donors (Lipinski definition) is 1. The molecule has 0 saturated heterocycles. The number of rotatable bonds is 4. The topological polar surface area (TPSA) is 54.4 Å². The molecule has 0 aromatic heterocycles. The minimum Gasteiger partial charge on any atom is -0.377 e. The van der Waals surface area contributed by atoms with Crippen molar-refractivity contribution in [2.75, 3.05) is 0 Å². The van der Waals surface area contributed by atoms with Gasteiger partial charge in [0, 0.05) is 5.57 Å². The summed E-state index contributed by atoms with van der Waals surface area (Å²) in [7, 11) is 0. The molecule has 0 aliphatic heterocycles. The molecular formula is C20H16F6O3. The molecule has 29 heavy (non-hydrogen) atoms. The Hall–Kier alpha value is -2.94. The van der Waals surface area contributed by atoms with Crippen LogP contribution in [0.5, 0.6) is 0 Å². The van der Waals surface area contributed by atoms with Crippen molar-refractivity contribution < 1.29 is 41.0 Å². The summed E-state index contributed by atoms with van der Waals surface area (Å²) in [6.07, 6.45) is 0. The van der Waals surface area contributed by atoms with E-state index in [1.807, 2.05) is 0 Å². The van der Waals surface area contributed by atoms with E-state index in [-0.39, 0.29) is 5.57 Å². The van der Waals surface area contributed by atoms with E-state index in [1.165, 1.54) is 0 Å². The first-order valence-electron chi connectivity index (χ1n) is 7.94. The van der Waals surface area contributed by atoms with E-state index in [0.29, 0.717) is 18.2 Å². The van der Waals surface area contributed by atoms with E-state index >= 15 is 0 Å². The van der Waals surface area contributed by atoms with Gasteiger partial charge in [-0.25, -0.2) is 26.3 Å². The Morgan fingerprint density at radius 3 is 1.69 bits per heavy atom. The Balaban J connectivity index is 0.000000291. The predicted molar refractivity (Wildman–Crippen MR) is 92.6 cm³/mol. The number of ketones is 2. The quantitative estimate of drug-likeness (QED) is 0.448. The van der Waals surface area contributed by atoms with E-state index in [1.54, 1.807) is 0 Å². The van der Waals surface area contributed by atoms with Crippen molar-refractivity contribution in [3.05, 3.63) is 76.9 Å². The van der Waals surface area contributed by atoms with Gasteiger partial charge in [-0.3, -0.25) is 9.59 Å². The smallest absolute Gasteiger partial charge is 0.169 e. The van der Waals surface area contributed by atoms with Crippen LogP contribution in [0.1, 0.15) is 31.9 Å². The third-order valence-corrected chi connectivity index (χ3v) is 3.99. The summed E-state index contributed by atoms with van der Waals surface area (Å²) in [4.78, 5) is 21.8. The Kier molecular flexibility index (Phi) is 7.51. The van der Waals surface area contributed by atoms with E-state index in [2.05, 4.69) is 6.58 Å². The maximum Gasteiger partial charge on any atom is 0.169 e. The summed E-state index contributed by atoms with van der Waals surface area (Å²) in [6.45, 7) is 6.17. The van der Waals surface area contributed by atoms with E-state index in [9.17, 15) is 41.0 Å². The zero-order chi connectivity index (χ0) is 22.7. The van der Waals surface area contributed by atoms with Gasteiger partial charge < -0.3 is 5.11 Å². The second-order valence-electron chi connectivity index (χ2n) is 6.10. The van der Waals surface area contributed by atoms with Gasteiger partial charge in [-0.1, -0.05) is 6.58 Å². The molecule has 156 valence electrons. The molecule has 0 fully saturated rings. The Morgan fingerprint density at radius 2 is 1.24 bits per heavy atom. The van der Waals surface area contributed by atoms with Crippen molar-refractivity contribution in [2.45, 2.75) is 26.4 Å². The molecule has 0 spiro atoms. The largest absolute Gasteiger partial charge is 0.377 e. The van der Waals surface area contributed by atoms with Crippen LogP contribution in [0.4, 0.5) is 26.3 Å². The number of hydrogen-bond acceptors (Lipinski definition) is 3. The van der Waals surface area contributed by atoms with Crippen molar-refractivity contribution in [1.29, 1.82) is 0 Å². The second-order valence-corrected chi connectivity index (χ2v) is 6.10. The fourth-order valence-electron chi connectivity index (χ4n) is 2.13. The molecule has 1 N–H and O–H groups in total. The van der Waals surface area contributed by atoms with Gasteiger partial charge in [0.1, 0.15) is 11.6 Å². The minimum atomic E-state index is -2.36. The van der Waals surface area contributed by atoms with Crippen LogP contribution < -0.4 is 0 Å². The van der Waals surface area contributed by atoms with Crippen molar-refractivity contribution in [3.8, 4) is 0 Å². The molecule has 0 amide bonds. The zero-order valence-electron chi connectivity index (χ0n) is 15.5. The Labute approximate surface area is 162 Å². The Morgan fingerprint density at radius 1 is 0.828 bits per heavy atom. The highest BCUT2D eigenvalue weighted by Crippen LogP contribution is 2.28. The van der Waals surface area contributed by atoms with Crippen molar-refractivity contribution in [1.82, 2.24) is 0 Å². The van der Waals surface area contributed by atoms with Crippen LogP contribution in [0.25, 0.3) is 5.57 Å². The number of Topliss-reactive ketones (excluding diaryl/α,β-unsaturated/α-hetero) is 2. The molecule has 1 unspecified atom stereocenters.